The lowest BCUT2D eigenvalue weighted by atomic mass is 9.70. The number of nitrogens with zero attached hydrogens (tertiary/aromatic N) is 2. The SMILES string of the molecule is COc1cccc(C2C3=C(OC4CC(C)C(C)CC4C3=O)C(=O)N2CCCN(C)C)c1. The number of hydrogen-bond acceptors (Lipinski definition) is 5. The maximum absolute atomic E-state index is 13.7. The fraction of sp³-hybridized carbons (Fsp3) is 0.600. The second-order valence-corrected chi connectivity index (χ2v) is 9.63. The lowest BCUT2D eigenvalue weighted by Gasteiger charge is -2.40. The minimum Gasteiger partial charge on any atom is -0.497 e. The fourth-order valence-corrected chi connectivity index (χ4v) is 5.25. The molecule has 2 aliphatic heterocycles. The Labute approximate surface area is 185 Å². The summed E-state index contributed by atoms with van der Waals surface area (Å²) in [6, 6.07) is 7.28. The summed E-state index contributed by atoms with van der Waals surface area (Å²) in [7, 11) is 5.67. The molecule has 0 N–H and O–H groups in total. The van der Waals surface area contributed by atoms with Gasteiger partial charge < -0.3 is 19.3 Å². The molecule has 168 valence electrons. The van der Waals surface area contributed by atoms with E-state index in [1.807, 2.05) is 43.3 Å². The Hall–Kier alpha value is -2.34. The quantitative estimate of drug-likeness (QED) is 0.698. The van der Waals surface area contributed by atoms with Gasteiger partial charge in [-0.1, -0.05) is 26.0 Å². The van der Waals surface area contributed by atoms with Crippen LogP contribution in [0.15, 0.2) is 35.6 Å². The summed E-state index contributed by atoms with van der Waals surface area (Å²) < 4.78 is 11.7. The normalized spacial score (nSPS) is 30.4. The second-order valence-electron chi connectivity index (χ2n) is 9.63. The summed E-state index contributed by atoms with van der Waals surface area (Å²) in [6.45, 7) is 5.87. The van der Waals surface area contributed by atoms with Crippen molar-refractivity contribution in [2.24, 2.45) is 17.8 Å². The van der Waals surface area contributed by atoms with Gasteiger partial charge in [-0.2, -0.15) is 0 Å². The third-order valence-electron chi connectivity index (χ3n) is 7.22. The summed E-state index contributed by atoms with van der Waals surface area (Å²) in [5.74, 6) is 1.74. The van der Waals surface area contributed by atoms with E-state index >= 15 is 0 Å². The Kier molecular flexibility index (Phi) is 6.11. The van der Waals surface area contributed by atoms with Crippen molar-refractivity contribution in [2.45, 2.75) is 45.3 Å². The number of hydrogen-bond donors (Lipinski definition) is 0. The van der Waals surface area contributed by atoms with E-state index < -0.39 is 6.04 Å². The van der Waals surface area contributed by atoms with Gasteiger partial charge >= 0.3 is 0 Å². The molecule has 0 spiro atoms. The molecule has 1 aromatic rings. The molecule has 31 heavy (non-hydrogen) atoms. The molecule has 1 amide bonds. The van der Waals surface area contributed by atoms with Crippen molar-refractivity contribution in [3.8, 4) is 5.75 Å². The third kappa shape index (κ3) is 3.98. The fourth-order valence-electron chi connectivity index (χ4n) is 5.25. The molecular formula is C25H34N2O4. The van der Waals surface area contributed by atoms with Crippen LogP contribution < -0.4 is 4.74 Å². The lowest BCUT2D eigenvalue weighted by molar-refractivity contribution is -0.137. The smallest absolute Gasteiger partial charge is 0.290 e. The van der Waals surface area contributed by atoms with E-state index in [1.165, 1.54) is 0 Å². The maximum atomic E-state index is 13.7. The van der Waals surface area contributed by atoms with E-state index in [0.29, 0.717) is 24.0 Å². The van der Waals surface area contributed by atoms with Crippen molar-refractivity contribution in [2.75, 3.05) is 34.3 Å². The molecule has 0 aromatic heterocycles. The summed E-state index contributed by atoms with van der Waals surface area (Å²) in [5, 5.41) is 0. The van der Waals surface area contributed by atoms with E-state index in [9.17, 15) is 9.59 Å². The number of benzene rings is 1. The van der Waals surface area contributed by atoms with Gasteiger partial charge in [0.15, 0.2) is 11.5 Å². The topological polar surface area (TPSA) is 59.1 Å². The molecule has 3 aliphatic rings. The van der Waals surface area contributed by atoms with Crippen LogP contribution in [-0.2, 0) is 14.3 Å². The number of amides is 1. The Balaban J connectivity index is 1.72. The molecule has 6 heteroatoms. The minimum atomic E-state index is -0.414. The first kappa shape index (κ1) is 21.9. The zero-order valence-electron chi connectivity index (χ0n) is 19.3. The highest BCUT2D eigenvalue weighted by Crippen LogP contribution is 2.48. The third-order valence-corrected chi connectivity index (χ3v) is 7.22. The molecule has 0 saturated heterocycles. The molecular weight excluding hydrogens is 392 g/mol. The number of rotatable bonds is 6. The van der Waals surface area contributed by atoms with Crippen LogP contribution in [0.5, 0.6) is 5.75 Å². The zero-order valence-corrected chi connectivity index (χ0v) is 19.3. The van der Waals surface area contributed by atoms with Gasteiger partial charge in [0.1, 0.15) is 11.9 Å². The number of Topliss-reactive ketones (excluding diaryl/α,β-unsaturated/α-hetero) is 1. The van der Waals surface area contributed by atoms with Crippen LogP contribution in [0.25, 0.3) is 0 Å². The van der Waals surface area contributed by atoms with Crippen LogP contribution >= 0.6 is 0 Å². The summed E-state index contributed by atoms with van der Waals surface area (Å²) in [6.07, 6.45) is 2.29. The van der Waals surface area contributed by atoms with Crippen molar-refractivity contribution in [3.63, 3.8) is 0 Å². The van der Waals surface area contributed by atoms with Gasteiger partial charge in [-0.15, -0.1) is 0 Å². The predicted octanol–water partition coefficient (Wildman–Crippen LogP) is 3.43. The number of methoxy groups -OCH3 is 1. The Morgan fingerprint density at radius 3 is 2.61 bits per heavy atom. The van der Waals surface area contributed by atoms with Gasteiger partial charge in [-0.3, -0.25) is 9.59 Å². The van der Waals surface area contributed by atoms with Gasteiger partial charge in [0.25, 0.3) is 5.91 Å². The average Bonchev–Trinajstić information content (AvgIpc) is 3.02. The molecule has 0 radical (unpaired) electrons. The van der Waals surface area contributed by atoms with Crippen LogP contribution in [-0.4, -0.2) is 61.9 Å². The first-order valence-electron chi connectivity index (χ1n) is 11.4. The van der Waals surface area contributed by atoms with Gasteiger partial charge in [0.2, 0.25) is 0 Å². The highest BCUT2D eigenvalue weighted by Gasteiger charge is 2.53. The monoisotopic (exact) mass is 426 g/mol. The first-order valence-corrected chi connectivity index (χ1v) is 11.4. The molecule has 6 nitrogen and oxygen atoms in total. The van der Waals surface area contributed by atoms with Gasteiger partial charge in [-0.25, -0.2) is 0 Å². The van der Waals surface area contributed by atoms with Crippen LogP contribution in [0.2, 0.25) is 0 Å². The van der Waals surface area contributed by atoms with Crippen molar-refractivity contribution in [1.29, 1.82) is 0 Å². The number of ketones is 1. The largest absolute Gasteiger partial charge is 0.497 e. The molecule has 1 aromatic carbocycles. The molecule has 5 atom stereocenters. The van der Waals surface area contributed by atoms with E-state index in [4.69, 9.17) is 9.47 Å². The van der Waals surface area contributed by atoms with Crippen molar-refractivity contribution in [1.82, 2.24) is 9.80 Å². The highest BCUT2D eigenvalue weighted by molar-refractivity contribution is 6.11. The molecule has 1 aliphatic carbocycles. The van der Waals surface area contributed by atoms with E-state index in [2.05, 4.69) is 18.7 Å². The van der Waals surface area contributed by atoms with Crippen LogP contribution in [0.3, 0.4) is 0 Å². The standard InChI is InChI=1S/C25H34N2O4/c1-15-12-19-20(13-16(15)2)31-24-21(23(19)28)22(17-8-6-9-18(14-17)30-5)27(25(24)29)11-7-10-26(3)4/h6,8-9,14-16,19-20,22H,7,10-13H2,1-5H3. The molecule has 1 saturated carbocycles. The molecule has 1 fully saturated rings. The number of fused-ring (bicyclic) bond motifs is 1. The van der Waals surface area contributed by atoms with Crippen molar-refractivity contribution >= 4 is 11.7 Å². The molecule has 0 bridgehead atoms. The zero-order chi connectivity index (χ0) is 22.3. The van der Waals surface area contributed by atoms with E-state index in [0.717, 1.165) is 37.1 Å². The van der Waals surface area contributed by atoms with Gasteiger partial charge in [0, 0.05) is 6.54 Å². The van der Waals surface area contributed by atoms with E-state index in [-0.39, 0.29) is 29.5 Å². The van der Waals surface area contributed by atoms with Crippen LogP contribution in [0.1, 0.15) is 44.7 Å². The number of carbonyl (C=O) groups excluding carboxylic acids is 2. The Morgan fingerprint density at radius 1 is 1.16 bits per heavy atom. The Bertz CT molecular complexity index is 893. The summed E-state index contributed by atoms with van der Waals surface area (Å²) in [4.78, 5) is 31.1. The summed E-state index contributed by atoms with van der Waals surface area (Å²) in [5.41, 5.74) is 1.45. The minimum absolute atomic E-state index is 0.0984. The molecule has 5 unspecified atom stereocenters. The van der Waals surface area contributed by atoms with Gasteiger partial charge in [-0.05, 0) is 69.4 Å². The first-order chi connectivity index (χ1) is 14.8. The maximum Gasteiger partial charge on any atom is 0.290 e. The molecule has 2 heterocycles. The van der Waals surface area contributed by atoms with E-state index in [1.54, 1.807) is 7.11 Å². The van der Waals surface area contributed by atoms with Crippen LogP contribution in [0, 0.1) is 17.8 Å². The number of ether oxygens (including phenoxy) is 2. The lowest BCUT2D eigenvalue weighted by Crippen LogP contribution is -2.43. The molecule has 4 rings (SSSR count). The Morgan fingerprint density at radius 2 is 1.90 bits per heavy atom. The van der Waals surface area contributed by atoms with Crippen molar-refractivity contribution < 1.29 is 19.1 Å². The van der Waals surface area contributed by atoms with Crippen LogP contribution in [0.4, 0.5) is 0 Å². The summed E-state index contributed by atoms with van der Waals surface area (Å²) >= 11 is 0. The predicted molar refractivity (Wildman–Crippen MR) is 119 cm³/mol. The van der Waals surface area contributed by atoms with Gasteiger partial charge in [0.05, 0.1) is 24.6 Å². The number of carbonyl (C=O) groups is 2. The highest BCUT2D eigenvalue weighted by atomic mass is 16.5. The second kappa shape index (κ2) is 8.65. The average molecular weight is 427 g/mol. The van der Waals surface area contributed by atoms with Crippen molar-refractivity contribution in [3.05, 3.63) is 41.2 Å².